The summed E-state index contributed by atoms with van der Waals surface area (Å²) < 4.78 is 28.9. The number of aryl methyl sites for hydroxylation is 1. The highest BCUT2D eigenvalue weighted by molar-refractivity contribution is 9.10. The molecule has 0 spiro atoms. The minimum absolute atomic E-state index is 0.167. The zero-order chi connectivity index (χ0) is 16.2. The first-order valence-electron chi connectivity index (χ1n) is 6.50. The Labute approximate surface area is 142 Å². The summed E-state index contributed by atoms with van der Waals surface area (Å²) in [5.74, 6) is 0. The average molecular weight is 406 g/mol. The van der Waals surface area contributed by atoms with Gasteiger partial charge in [-0.15, -0.1) is 0 Å². The fourth-order valence-corrected chi connectivity index (χ4v) is 3.35. The van der Waals surface area contributed by atoms with E-state index in [1.807, 2.05) is 0 Å². The van der Waals surface area contributed by atoms with Gasteiger partial charge in [0.15, 0.2) is 0 Å². The van der Waals surface area contributed by atoms with Crippen molar-refractivity contribution in [3.8, 4) is 0 Å². The largest absolute Gasteiger partial charge is 0.314 e. The zero-order valence-electron chi connectivity index (χ0n) is 11.5. The lowest BCUT2D eigenvalue weighted by Crippen LogP contribution is -2.27. The minimum Gasteiger partial charge on any atom is -0.314 e. The van der Waals surface area contributed by atoms with Gasteiger partial charge in [0.05, 0.1) is 9.92 Å². The van der Waals surface area contributed by atoms with Crippen LogP contribution in [0.25, 0.3) is 0 Å². The molecular weight excluding hydrogens is 392 g/mol. The van der Waals surface area contributed by atoms with Crippen LogP contribution >= 0.6 is 27.5 Å². The second-order valence-corrected chi connectivity index (χ2v) is 7.70. The summed E-state index contributed by atoms with van der Waals surface area (Å²) in [6.45, 7) is 0.625. The molecule has 1 aromatic heterocycles. The van der Waals surface area contributed by atoms with Gasteiger partial charge in [0.1, 0.15) is 0 Å². The van der Waals surface area contributed by atoms with E-state index in [9.17, 15) is 13.2 Å². The van der Waals surface area contributed by atoms with Crippen LogP contribution in [-0.2, 0) is 16.6 Å². The first kappa shape index (κ1) is 17.2. The van der Waals surface area contributed by atoms with Gasteiger partial charge in [0.25, 0.3) is 5.56 Å². The maximum absolute atomic E-state index is 12.1. The lowest BCUT2D eigenvalue weighted by Gasteiger charge is -2.08. The van der Waals surface area contributed by atoms with Gasteiger partial charge in [-0.05, 0) is 36.8 Å². The molecule has 118 valence electrons. The Hall–Kier alpha value is -1.15. The van der Waals surface area contributed by atoms with E-state index in [4.69, 9.17) is 11.6 Å². The maximum Gasteiger partial charge on any atom is 0.250 e. The van der Waals surface area contributed by atoms with Crippen LogP contribution in [0.5, 0.6) is 0 Å². The number of hydrogen-bond donors (Lipinski definition) is 1. The fourth-order valence-electron chi connectivity index (χ4n) is 1.83. The summed E-state index contributed by atoms with van der Waals surface area (Å²) in [6, 6.07) is 9.28. The van der Waals surface area contributed by atoms with E-state index in [0.29, 0.717) is 18.0 Å². The number of halogens is 2. The minimum atomic E-state index is -3.53. The van der Waals surface area contributed by atoms with Crippen LogP contribution in [0.2, 0.25) is 5.02 Å². The molecule has 1 heterocycles. The number of benzene rings is 1. The molecule has 2 aromatic rings. The standard InChI is InChI=1S/C14H14BrClN2O3S/c15-11-2-5-13(6-3-11)22(20,21)17-8-1-9-18-10-12(16)4-7-14(18)19/h2-7,10,17H,1,8-9H2. The maximum atomic E-state index is 12.1. The third-order valence-corrected chi connectivity index (χ3v) is 5.17. The molecule has 0 saturated heterocycles. The van der Waals surface area contributed by atoms with Crippen molar-refractivity contribution < 1.29 is 8.42 Å². The smallest absolute Gasteiger partial charge is 0.250 e. The van der Waals surface area contributed by atoms with Crippen molar-refractivity contribution in [2.45, 2.75) is 17.9 Å². The van der Waals surface area contributed by atoms with Crippen LogP contribution in [0.4, 0.5) is 0 Å². The number of pyridine rings is 1. The van der Waals surface area contributed by atoms with Crippen LogP contribution in [0.3, 0.4) is 0 Å². The molecule has 0 radical (unpaired) electrons. The highest BCUT2D eigenvalue weighted by Crippen LogP contribution is 2.14. The van der Waals surface area contributed by atoms with Crippen LogP contribution in [0.15, 0.2) is 56.8 Å². The highest BCUT2D eigenvalue weighted by atomic mass is 79.9. The summed E-state index contributed by atoms with van der Waals surface area (Å²) in [4.78, 5) is 11.8. The molecule has 0 amide bonds. The number of hydrogen-bond acceptors (Lipinski definition) is 3. The van der Waals surface area contributed by atoms with Gasteiger partial charge < -0.3 is 4.57 Å². The van der Waals surface area contributed by atoms with Gasteiger partial charge in [-0.25, -0.2) is 13.1 Å². The summed E-state index contributed by atoms with van der Waals surface area (Å²) in [5, 5.41) is 0.468. The summed E-state index contributed by atoms with van der Waals surface area (Å²) in [5.41, 5.74) is -0.167. The highest BCUT2D eigenvalue weighted by Gasteiger charge is 2.12. The van der Waals surface area contributed by atoms with Crippen molar-refractivity contribution in [2.75, 3.05) is 6.54 Å². The first-order valence-corrected chi connectivity index (χ1v) is 9.15. The Morgan fingerprint density at radius 2 is 1.82 bits per heavy atom. The number of nitrogens with zero attached hydrogens (tertiary/aromatic N) is 1. The number of rotatable bonds is 6. The second-order valence-electron chi connectivity index (χ2n) is 4.58. The summed E-state index contributed by atoms with van der Waals surface area (Å²) in [6.07, 6.45) is 2.02. The van der Waals surface area contributed by atoms with Crippen LogP contribution < -0.4 is 10.3 Å². The van der Waals surface area contributed by atoms with Gasteiger partial charge >= 0.3 is 0 Å². The third kappa shape index (κ3) is 4.67. The molecule has 1 aromatic carbocycles. The van der Waals surface area contributed by atoms with E-state index in [2.05, 4.69) is 20.7 Å². The summed E-state index contributed by atoms with van der Waals surface area (Å²) >= 11 is 9.08. The molecule has 1 N–H and O–H groups in total. The van der Waals surface area contributed by atoms with Gasteiger partial charge in [0.2, 0.25) is 10.0 Å². The summed E-state index contributed by atoms with van der Waals surface area (Å²) in [7, 11) is -3.53. The molecule has 0 bridgehead atoms. The van der Waals surface area contributed by atoms with Gasteiger partial charge in [-0.3, -0.25) is 4.79 Å². The molecule has 0 saturated carbocycles. The Balaban J connectivity index is 1.92. The van der Waals surface area contributed by atoms with Crippen LogP contribution in [0.1, 0.15) is 6.42 Å². The van der Waals surface area contributed by atoms with Crippen molar-refractivity contribution in [1.29, 1.82) is 0 Å². The molecule has 2 rings (SSSR count). The molecule has 0 aliphatic carbocycles. The van der Waals surface area contributed by atoms with Crippen molar-refractivity contribution in [3.63, 3.8) is 0 Å². The molecule has 0 aliphatic heterocycles. The van der Waals surface area contributed by atoms with Crippen LogP contribution in [-0.4, -0.2) is 19.5 Å². The Kier molecular flexibility index (Phi) is 5.80. The molecule has 0 aliphatic rings. The van der Waals surface area contributed by atoms with E-state index in [-0.39, 0.29) is 17.0 Å². The predicted octanol–water partition coefficient (Wildman–Crippen LogP) is 2.63. The molecule has 0 unspecified atom stereocenters. The molecule has 8 heteroatoms. The van der Waals surface area contributed by atoms with Gasteiger partial charge in [0, 0.05) is 29.8 Å². The normalized spacial score (nSPS) is 11.5. The van der Waals surface area contributed by atoms with Gasteiger partial charge in [-0.1, -0.05) is 27.5 Å². The zero-order valence-corrected chi connectivity index (χ0v) is 14.7. The predicted molar refractivity (Wildman–Crippen MR) is 89.7 cm³/mol. The molecule has 0 fully saturated rings. The van der Waals surface area contributed by atoms with Crippen molar-refractivity contribution >= 4 is 37.6 Å². The van der Waals surface area contributed by atoms with E-state index >= 15 is 0 Å². The Bertz CT molecular complexity index is 804. The van der Waals surface area contributed by atoms with Crippen LogP contribution in [0, 0.1) is 0 Å². The lowest BCUT2D eigenvalue weighted by atomic mass is 10.4. The number of sulfonamides is 1. The van der Waals surface area contributed by atoms with E-state index in [1.54, 1.807) is 12.1 Å². The second kappa shape index (κ2) is 7.41. The van der Waals surface area contributed by atoms with Gasteiger partial charge in [-0.2, -0.15) is 0 Å². The number of aromatic nitrogens is 1. The topological polar surface area (TPSA) is 68.2 Å². The molecule has 22 heavy (non-hydrogen) atoms. The molecule has 5 nitrogen and oxygen atoms in total. The monoisotopic (exact) mass is 404 g/mol. The van der Waals surface area contributed by atoms with E-state index < -0.39 is 10.0 Å². The molecule has 0 atom stereocenters. The first-order chi connectivity index (χ1) is 10.4. The lowest BCUT2D eigenvalue weighted by molar-refractivity contribution is 0.567. The van der Waals surface area contributed by atoms with E-state index in [1.165, 1.54) is 35.0 Å². The third-order valence-electron chi connectivity index (χ3n) is 2.94. The Morgan fingerprint density at radius 3 is 2.50 bits per heavy atom. The van der Waals surface area contributed by atoms with Crippen molar-refractivity contribution in [3.05, 3.63) is 62.4 Å². The van der Waals surface area contributed by atoms with Crippen molar-refractivity contribution in [1.82, 2.24) is 9.29 Å². The van der Waals surface area contributed by atoms with Crippen molar-refractivity contribution in [2.24, 2.45) is 0 Å². The van der Waals surface area contributed by atoms with E-state index in [0.717, 1.165) is 4.47 Å². The number of nitrogens with one attached hydrogen (secondary N) is 1. The SMILES string of the molecule is O=c1ccc(Cl)cn1CCCNS(=O)(=O)c1ccc(Br)cc1. The molecular formula is C14H14BrClN2O3S. The average Bonchev–Trinajstić information content (AvgIpc) is 2.47. The quantitative estimate of drug-likeness (QED) is 0.751. The fraction of sp³-hybridized carbons (Fsp3) is 0.214. The Morgan fingerprint density at radius 1 is 1.14 bits per heavy atom.